The Hall–Kier alpha value is -1.59. The number of likely N-dealkylation sites (N-methyl/N-ethyl adjacent to an activating group) is 1. The normalized spacial score (nSPS) is 19.4. The minimum atomic E-state index is -4.13. The molecule has 1 fully saturated rings. The van der Waals surface area contributed by atoms with E-state index in [1.54, 1.807) is 17.9 Å². The summed E-state index contributed by atoms with van der Waals surface area (Å²) in [6.45, 7) is 1.20. The number of nitrogens with one attached hydrogen (secondary N) is 2. The molecule has 9 nitrogen and oxygen atoms in total. The Labute approximate surface area is 225 Å². The number of nitrogens with zero attached hydrogens (tertiary/aromatic N) is 4. The molecule has 0 spiro atoms. The van der Waals surface area contributed by atoms with Crippen LogP contribution in [-0.2, 0) is 42.9 Å². The van der Waals surface area contributed by atoms with Crippen LogP contribution < -0.4 is 43.9 Å². The van der Waals surface area contributed by atoms with Crippen LogP contribution in [0.5, 0.6) is 0 Å². The van der Waals surface area contributed by atoms with E-state index < -0.39 is 16.2 Å². The number of carbonyl (C=O) groups is 1. The van der Waals surface area contributed by atoms with Crippen LogP contribution >= 0.6 is 0 Å². The summed E-state index contributed by atoms with van der Waals surface area (Å²) in [6.07, 6.45) is 11.1. The Balaban J connectivity index is 0.00000171. The Morgan fingerprint density at radius 2 is 1.82 bits per heavy atom. The van der Waals surface area contributed by atoms with Crippen molar-refractivity contribution in [2.24, 2.45) is 7.05 Å². The zero-order chi connectivity index (χ0) is 23.2. The van der Waals surface area contributed by atoms with E-state index in [-0.39, 0.29) is 43.6 Å². The molecular weight excluding hydrogens is 463 g/mol. The van der Waals surface area contributed by atoms with Crippen molar-refractivity contribution in [3.8, 4) is 0 Å². The number of aryl methyl sites for hydroxylation is 3. The largest absolute Gasteiger partial charge is 1.00 e. The number of hydrogen-bond acceptors (Lipinski definition) is 5. The summed E-state index contributed by atoms with van der Waals surface area (Å²) in [5.74, 6) is 0. The number of likely N-dealkylation sites (tertiary alicyclic amines) is 1. The van der Waals surface area contributed by atoms with Gasteiger partial charge in [0.05, 0.1) is 18.4 Å². The van der Waals surface area contributed by atoms with Crippen molar-refractivity contribution in [2.75, 3.05) is 29.8 Å². The quantitative estimate of drug-likeness (QED) is 0.525. The maximum atomic E-state index is 13.4. The molecule has 180 valence electrons. The van der Waals surface area contributed by atoms with Crippen molar-refractivity contribution in [1.82, 2.24) is 19.4 Å². The molecule has 1 unspecified atom stereocenters. The Kier molecular flexibility index (Phi) is 7.64. The number of urea groups is 1. The maximum absolute atomic E-state index is 13.4. The van der Waals surface area contributed by atoms with Crippen LogP contribution in [0.2, 0.25) is 0 Å². The van der Waals surface area contributed by atoms with E-state index in [9.17, 15) is 13.2 Å². The summed E-state index contributed by atoms with van der Waals surface area (Å²) < 4.78 is 31.9. The van der Waals surface area contributed by atoms with E-state index in [0.717, 1.165) is 63.6 Å². The van der Waals surface area contributed by atoms with Gasteiger partial charge in [0.25, 0.3) is 0 Å². The van der Waals surface area contributed by atoms with E-state index >= 15 is 0 Å². The number of aromatic nitrogens is 2. The fraction of sp³-hybridized carbons (Fsp3) is 0.565. The van der Waals surface area contributed by atoms with Gasteiger partial charge in [0.1, 0.15) is 0 Å². The molecule has 0 saturated carbocycles. The number of amides is 2. The molecule has 1 aliphatic heterocycles. The van der Waals surface area contributed by atoms with Crippen molar-refractivity contribution in [3.05, 3.63) is 40.7 Å². The standard InChI is InChI=1S/C23H32N6O3S.Na.H/c1-27-11-5-8-18(27)15-29(19-13-24-28(2)14-19)33(31,32)26-23(30)25-22-20-9-3-6-16(20)12-17-7-4-10-21(17)22;;/h12-14,18H,3-11,15H2,1-2H3,(H2,25,26,30);;/q;+1;-1. The van der Waals surface area contributed by atoms with E-state index in [1.165, 1.54) is 32.8 Å². The van der Waals surface area contributed by atoms with Gasteiger partial charge in [-0.2, -0.15) is 13.5 Å². The van der Waals surface area contributed by atoms with Gasteiger partial charge in [-0.25, -0.2) is 13.8 Å². The van der Waals surface area contributed by atoms with Crippen molar-refractivity contribution in [2.45, 2.75) is 57.4 Å². The molecule has 1 aromatic carbocycles. The minimum Gasteiger partial charge on any atom is -1.00 e. The van der Waals surface area contributed by atoms with Gasteiger partial charge < -0.3 is 11.6 Å². The van der Waals surface area contributed by atoms with E-state index in [2.05, 4.69) is 26.1 Å². The zero-order valence-corrected chi connectivity index (χ0v) is 23.1. The first kappa shape index (κ1) is 25.5. The van der Waals surface area contributed by atoms with Crippen LogP contribution in [0.15, 0.2) is 18.5 Å². The fourth-order valence-corrected chi connectivity index (χ4v) is 6.69. The van der Waals surface area contributed by atoms with E-state index in [0.29, 0.717) is 5.69 Å². The summed E-state index contributed by atoms with van der Waals surface area (Å²) in [4.78, 5) is 15.2. The Bertz CT molecular complexity index is 1160. The van der Waals surface area contributed by atoms with E-state index in [4.69, 9.17) is 0 Å². The molecule has 1 atom stereocenters. The zero-order valence-electron chi connectivity index (χ0n) is 21.3. The molecule has 2 heterocycles. The van der Waals surface area contributed by atoms with Crippen molar-refractivity contribution in [3.63, 3.8) is 0 Å². The Morgan fingerprint density at radius 3 is 2.38 bits per heavy atom. The molecule has 2 N–H and O–H groups in total. The summed E-state index contributed by atoms with van der Waals surface area (Å²) in [6, 6.07) is 1.66. The van der Waals surface area contributed by atoms with Gasteiger partial charge in [0.15, 0.2) is 0 Å². The number of anilines is 2. The molecule has 34 heavy (non-hydrogen) atoms. The average Bonchev–Trinajstić information content (AvgIpc) is 3.53. The average molecular weight is 497 g/mol. The molecular formula is C23H33N6NaO3S. The van der Waals surface area contributed by atoms with Gasteiger partial charge >= 0.3 is 45.8 Å². The molecule has 2 aliphatic carbocycles. The molecule has 11 heteroatoms. The third kappa shape index (κ3) is 5.02. The third-order valence-corrected chi connectivity index (χ3v) is 8.63. The SMILES string of the molecule is CN1CCCC1CN(c1cnn(C)c1)S(=O)(=O)NC(=O)Nc1c2c(cc3c1CCC3)CCC2.[H-].[Na+]. The first-order valence-electron chi connectivity index (χ1n) is 11.8. The maximum Gasteiger partial charge on any atom is 1.00 e. The smallest absolute Gasteiger partial charge is 1.00 e. The van der Waals surface area contributed by atoms with Crippen LogP contribution in [0.4, 0.5) is 16.2 Å². The number of hydrogen-bond donors (Lipinski definition) is 2. The van der Waals surface area contributed by atoms with Crippen LogP contribution in [-0.4, -0.2) is 55.3 Å². The van der Waals surface area contributed by atoms with E-state index in [1.807, 2.05) is 7.05 Å². The predicted octanol–water partition coefficient (Wildman–Crippen LogP) is -0.519. The van der Waals surface area contributed by atoms with Gasteiger partial charge in [0.2, 0.25) is 0 Å². The predicted molar refractivity (Wildman–Crippen MR) is 129 cm³/mol. The van der Waals surface area contributed by atoms with Gasteiger partial charge in [-0.15, -0.1) is 0 Å². The molecule has 2 amide bonds. The molecule has 5 rings (SSSR count). The molecule has 3 aliphatic rings. The van der Waals surface area contributed by atoms with Crippen molar-refractivity contribution >= 4 is 27.6 Å². The summed E-state index contributed by atoms with van der Waals surface area (Å²) in [5.41, 5.74) is 6.18. The van der Waals surface area contributed by atoms with Gasteiger partial charge in [-0.3, -0.25) is 4.68 Å². The van der Waals surface area contributed by atoms with Crippen LogP contribution in [0.1, 0.15) is 49.4 Å². The first-order valence-corrected chi connectivity index (χ1v) is 13.2. The fourth-order valence-electron chi connectivity index (χ4n) is 5.56. The summed E-state index contributed by atoms with van der Waals surface area (Å²) in [7, 11) is -0.384. The molecule has 1 aromatic heterocycles. The second-order valence-corrected chi connectivity index (χ2v) is 11.1. The second-order valence-electron chi connectivity index (χ2n) is 9.48. The number of rotatable bonds is 6. The number of benzene rings is 1. The van der Waals surface area contributed by atoms with Crippen LogP contribution in [0.3, 0.4) is 0 Å². The van der Waals surface area contributed by atoms with Gasteiger partial charge in [0, 0.05) is 25.0 Å². The van der Waals surface area contributed by atoms with Gasteiger partial charge in [-0.05, 0) is 87.2 Å². The van der Waals surface area contributed by atoms with Crippen LogP contribution in [0, 0.1) is 0 Å². The summed E-state index contributed by atoms with van der Waals surface area (Å²) in [5, 5.41) is 7.06. The Morgan fingerprint density at radius 1 is 1.15 bits per heavy atom. The summed E-state index contributed by atoms with van der Waals surface area (Å²) >= 11 is 0. The number of fused-ring (bicyclic) bond motifs is 2. The second kappa shape index (κ2) is 10.2. The van der Waals surface area contributed by atoms with Crippen LogP contribution in [0.25, 0.3) is 0 Å². The minimum absolute atomic E-state index is 0. The van der Waals surface area contributed by atoms with Crippen molar-refractivity contribution < 1.29 is 44.2 Å². The first-order chi connectivity index (χ1) is 15.8. The monoisotopic (exact) mass is 496 g/mol. The third-order valence-electron chi connectivity index (χ3n) is 7.25. The molecule has 2 aromatic rings. The number of carbonyl (C=O) groups excluding carboxylic acids is 1. The van der Waals surface area contributed by atoms with Gasteiger partial charge in [-0.1, -0.05) is 6.07 Å². The molecule has 1 saturated heterocycles. The molecule has 0 bridgehead atoms. The topological polar surface area (TPSA) is 99.6 Å². The van der Waals surface area contributed by atoms with Crippen molar-refractivity contribution in [1.29, 1.82) is 0 Å². The molecule has 0 radical (unpaired) electrons.